The van der Waals surface area contributed by atoms with E-state index < -0.39 is 0 Å². The SMILES string of the molecule is CNCC(C)CCC1CCC(C)O1. The van der Waals surface area contributed by atoms with Crippen molar-refractivity contribution in [1.82, 2.24) is 5.32 Å². The molecule has 1 aliphatic heterocycles. The zero-order valence-corrected chi connectivity index (χ0v) is 9.18. The summed E-state index contributed by atoms with van der Waals surface area (Å²) in [6.45, 7) is 5.61. The predicted octanol–water partition coefficient (Wildman–Crippen LogP) is 2.19. The lowest BCUT2D eigenvalue weighted by Crippen LogP contribution is -2.18. The summed E-state index contributed by atoms with van der Waals surface area (Å²) >= 11 is 0. The Labute approximate surface area is 82.0 Å². The highest BCUT2D eigenvalue weighted by Gasteiger charge is 2.21. The quantitative estimate of drug-likeness (QED) is 0.709. The Kier molecular flexibility index (Phi) is 4.74. The van der Waals surface area contributed by atoms with E-state index in [2.05, 4.69) is 19.2 Å². The van der Waals surface area contributed by atoms with E-state index in [0.717, 1.165) is 12.5 Å². The molecule has 0 amide bonds. The smallest absolute Gasteiger partial charge is 0.0579 e. The van der Waals surface area contributed by atoms with Crippen molar-refractivity contribution in [3.63, 3.8) is 0 Å². The third-order valence-electron chi connectivity index (χ3n) is 2.85. The van der Waals surface area contributed by atoms with Crippen LogP contribution in [0, 0.1) is 5.92 Å². The van der Waals surface area contributed by atoms with Crippen LogP contribution in [0.1, 0.15) is 39.5 Å². The van der Waals surface area contributed by atoms with Gasteiger partial charge in [-0.1, -0.05) is 6.92 Å². The molecule has 0 aromatic heterocycles. The molecule has 1 aliphatic rings. The van der Waals surface area contributed by atoms with Crippen LogP contribution >= 0.6 is 0 Å². The fourth-order valence-electron chi connectivity index (χ4n) is 2.02. The molecule has 0 spiro atoms. The Hall–Kier alpha value is -0.0800. The predicted molar refractivity (Wildman–Crippen MR) is 55.9 cm³/mol. The van der Waals surface area contributed by atoms with Crippen LogP contribution in [0.15, 0.2) is 0 Å². The molecule has 13 heavy (non-hydrogen) atoms. The summed E-state index contributed by atoms with van der Waals surface area (Å²) in [6.07, 6.45) is 6.11. The van der Waals surface area contributed by atoms with Crippen LogP contribution in [0.4, 0.5) is 0 Å². The monoisotopic (exact) mass is 185 g/mol. The molecule has 1 saturated heterocycles. The number of hydrogen-bond acceptors (Lipinski definition) is 2. The lowest BCUT2D eigenvalue weighted by molar-refractivity contribution is 0.0475. The minimum absolute atomic E-state index is 0.504. The van der Waals surface area contributed by atoms with Crippen molar-refractivity contribution in [1.29, 1.82) is 0 Å². The first-order valence-electron chi connectivity index (χ1n) is 5.52. The maximum Gasteiger partial charge on any atom is 0.0579 e. The molecule has 3 unspecified atom stereocenters. The van der Waals surface area contributed by atoms with Gasteiger partial charge in [-0.15, -0.1) is 0 Å². The van der Waals surface area contributed by atoms with Gasteiger partial charge in [-0.2, -0.15) is 0 Å². The molecule has 2 nitrogen and oxygen atoms in total. The van der Waals surface area contributed by atoms with Crippen molar-refractivity contribution < 1.29 is 4.74 Å². The Morgan fingerprint density at radius 3 is 2.77 bits per heavy atom. The lowest BCUT2D eigenvalue weighted by Gasteiger charge is -2.14. The number of rotatable bonds is 5. The Morgan fingerprint density at radius 2 is 2.23 bits per heavy atom. The van der Waals surface area contributed by atoms with Crippen LogP contribution in [0.5, 0.6) is 0 Å². The minimum Gasteiger partial charge on any atom is -0.375 e. The van der Waals surface area contributed by atoms with Crippen molar-refractivity contribution in [2.24, 2.45) is 5.92 Å². The van der Waals surface area contributed by atoms with Gasteiger partial charge in [0.2, 0.25) is 0 Å². The van der Waals surface area contributed by atoms with Crippen molar-refractivity contribution in [3.8, 4) is 0 Å². The van der Waals surface area contributed by atoms with E-state index in [4.69, 9.17) is 4.74 Å². The molecule has 0 saturated carbocycles. The Balaban J connectivity index is 2.05. The van der Waals surface area contributed by atoms with E-state index in [1.165, 1.54) is 25.7 Å². The van der Waals surface area contributed by atoms with E-state index in [9.17, 15) is 0 Å². The summed E-state index contributed by atoms with van der Waals surface area (Å²) in [5.74, 6) is 0.782. The zero-order chi connectivity index (χ0) is 9.68. The molecule has 0 aromatic rings. The summed E-state index contributed by atoms with van der Waals surface area (Å²) in [5.41, 5.74) is 0. The summed E-state index contributed by atoms with van der Waals surface area (Å²) < 4.78 is 5.77. The van der Waals surface area contributed by atoms with Crippen molar-refractivity contribution >= 4 is 0 Å². The fourth-order valence-corrected chi connectivity index (χ4v) is 2.02. The van der Waals surface area contributed by atoms with Gasteiger partial charge in [0, 0.05) is 0 Å². The highest BCUT2D eigenvalue weighted by atomic mass is 16.5. The molecular formula is C11H23NO. The van der Waals surface area contributed by atoms with Gasteiger partial charge < -0.3 is 10.1 Å². The topological polar surface area (TPSA) is 21.3 Å². The maximum absolute atomic E-state index is 5.77. The fraction of sp³-hybridized carbons (Fsp3) is 1.00. The van der Waals surface area contributed by atoms with Crippen LogP contribution in [-0.2, 0) is 4.74 Å². The third-order valence-corrected chi connectivity index (χ3v) is 2.85. The first-order valence-corrected chi connectivity index (χ1v) is 5.52. The highest BCUT2D eigenvalue weighted by molar-refractivity contribution is 4.71. The normalized spacial score (nSPS) is 30.7. The molecule has 1 rings (SSSR count). The molecule has 2 heteroatoms. The van der Waals surface area contributed by atoms with Crippen LogP contribution in [0.25, 0.3) is 0 Å². The third kappa shape index (κ3) is 4.10. The second-order valence-electron chi connectivity index (χ2n) is 4.39. The number of hydrogen-bond donors (Lipinski definition) is 1. The molecule has 0 aliphatic carbocycles. The largest absolute Gasteiger partial charge is 0.375 e. The lowest BCUT2D eigenvalue weighted by atomic mass is 10.0. The molecular weight excluding hydrogens is 162 g/mol. The van der Waals surface area contributed by atoms with Crippen LogP contribution in [0.3, 0.4) is 0 Å². The summed E-state index contributed by atoms with van der Waals surface area (Å²) in [6, 6.07) is 0. The maximum atomic E-state index is 5.77. The number of nitrogens with one attached hydrogen (secondary N) is 1. The van der Waals surface area contributed by atoms with E-state index in [-0.39, 0.29) is 0 Å². The summed E-state index contributed by atoms with van der Waals surface area (Å²) in [4.78, 5) is 0. The van der Waals surface area contributed by atoms with Gasteiger partial charge in [0.25, 0.3) is 0 Å². The van der Waals surface area contributed by atoms with Gasteiger partial charge in [-0.3, -0.25) is 0 Å². The molecule has 1 heterocycles. The highest BCUT2D eigenvalue weighted by Crippen LogP contribution is 2.23. The standard InChI is InChI=1S/C11H23NO/c1-9(8-12-3)4-6-11-7-5-10(2)13-11/h9-12H,4-8H2,1-3H3. The van der Waals surface area contributed by atoms with Gasteiger partial charge in [-0.25, -0.2) is 0 Å². The molecule has 0 bridgehead atoms. The minimum atomic E-state index is 0.504. The van der Waals surface area contributed by atoms with Crippen molar-refractivity contribution in [2.75, 3.05) is 13.6 Å². The number of ether oxygens (including phenoxy) is 1. The van der Waals surface area contributed by atoms with Gasteiger partial charge in [-0.05, 0) is 52.1 Å². The molecule has 0 aromatic carbocycles. The van der Waals surface area contributed by atoms with E-state index in [1.54, 1.807) is 0 Å². The second kappa shape index (κ2) is 5.61. The van der Waals surface area contributed by atoms with Gasteiger partial charge in [0.15, 0.2) is 0 Å². The van der Waals surface area contributed by atoms with Gasteiger partial charge in [0.05, 0.1) is 12.2 Å². The van der Waals surface area contributed by atoms with Gasteiger partial charge in [0.1, 0.15) is 0 Å². The Morgan fingerprint density at radius 1 is 1.46 bits per heavy atom. The molecule has 78 valence electrons. The van der Waals surface area contributed by atoms with Crippen LogP contribution in [0.2, 0.25) is 0 Å². The van der Waals surface area contributed by atoms with E-state index in [1.807, 2.05) is 7.05 Å². The average molecular weight is 185 g/mol. The summed E-state index contributed by atoms with van der Waals surface area (Å²) in [7, 11) is 2.02. The van der Waals surface area contributed by atoms with Crippen molar-refractivity contribution in [2.45, 2.75) is 51.7 Å². The average Bonchev–Trinajstić information content (AvgIpc) is 2.49. The van der Waals surface area contributed by atoms with Gasteiger partial charge >= 0.3 is 0 Å². The first kappa shape index (κ1) is 11.0. The second-order valence-corrected chi connectivity index (χ2v) is 4.39. The van der Waals surface area contributed by atoms with Crippen LogP contribution < -0.4 is 5.32 Å². The van der Waals surface area contributed by atoms with E-state index in [0.29, 0.717) is 12.2 Å². The van der Waals surface area contributed by atoms with Crippen molar-refractivity contribution in [3.05, 3.63) is 0 Å². The summed E-state index contributed by atoms with van der Waals surface area (Å²) in [5, 5.41) is 3.21. The zero-order valence-electron chi connectivity index (χ0n) is 9.18. The van der Waals surface area contributed by atoms with Crippen LogP contribution in [-0.4, -0.2) is 25.8 Å². The van der Waals surface area contributed by atoms with E-state index >= 15 is 0 Å². The molecule has 1 N–H and O–H groups in total. The Bertz CT molecular complexity index is 138. The molecule has 3 atom stereocenters. The molecule has 1 fully saturated rings. The first-order chi connectivity index (χ1) is 6.22. The molecule has 0 radical (unpaired) electrons.